The Kier molecular flexibility index (Phi) is 10.1. The molecule has 4 bridgehead atoms. The average molecular weight is 747 g/mol. The summed E-state index contributed by atoms with van der Waals surface area (Å²) in [6, 6.07) is 20.3. The van der Waals surface area contributed by atoms with Gasteiger partial charge in [-0.3, -0.25) is 24.8 Å². The molecule has 13 nitrogen and oxygen atoms in total. The van der Waals surface area contributed by atoms with E-state index in [9.17, 15) is 4.79 Å². The quantitative estimate of drug-likeness (QED) is 0.168. The topological polar surface area (TPSA) is 154 Å². The summed E-state index contributed by atoms with van der Waals surface area (Å²) in [5, 5.41) is 6.53. The number of urea groups is 1. The smallest absolute Gasteiger partial charge is 0.327 e. The molecule has 4 N–H and O–H groups in total. The van der Waals surface area contributed by atoms with E-state index in [0.717, 1.165) is 83.6 Å². The molecule has 10 rings (SSSR count). The van der Waals surface area contributed by atoms with Crippen molar-refractivity contribution in [3.8, 4) is 22.5 Å². The molecule has 2 fully saturated rings. The molecule has 0 radical (unpaired) electrons. The van der Waals surface area contributed by atoms with Crippen LogP contribution in [0.25, 0.3) is 22.5 Å². The van der Waals surface area contributed by atoms with Gasteiger partial charge in [-0.15, -0.1) is 0 Å². The van der Waals surface area contributed by atoms with Crippen molar-refractivity contribution in [3.63, 3.8) is 0 Å². The highest BCUT2D eigenvalue weighted by Crippen LogP contribution is 2.42. The van der Waals surface area contributed by atoms with Crippen LogP contribution in [0.1, 0.15) is 35.4 Å². The first-order valence-electron chi connectivity index (χ1n) is 19.0. The van der Waals surface area contributed by atoms with Crippen molar-refractivity contribution in [1.82, 2.24) is 29.9 Å². The third-order valence-corrected chi connectivity index (χ3v) is 10.5. The molecule has 0 spiro atoms. The van der Waals surface area contributed by atoms with Crippen molar-refractivity contribution >= 4 is 40.4 Å². The second-order valence-corrected chi connectivity index (χ2v) is 14.7. The van der Waals surface area contributed by atoms with Gasteiger partial charge in [-0.25, -0.2) is 14.8 Å². The van der Waals surface area contributed by atoms with Gasteiger partial charge in [0.1, 0.15) is 0 Å². The summed E-state index contributed by atoms with van der Waals surface area (Å²) in [5.74, 6) is 1.74. The number of nitrogen functional groups attached to an aromatic ring is 1. The van der Waals surface area contributed by atoms with Crippen LogP contribution in [0.15, 0.2) is 97.8 Å². The number of amides is 2. The van der Waals surface area contributed by atoms with Crippen molar-refractivity contribution in [2.24, 2.45) is 0 Å². The highest BCUT2D eigenvalue weighted by Gasteiger charge is 2.41. The van der Waals surface area contributed by atoms with E-state index in [4.69, 9.17) is 15.7 Å². The molecule has 0 saturated carbocycles. The van der Waals surface area contributed by atoms with Gasteiger partial charge in [-0.1, -0.05) is 0 Å². The summed E-state index contributed by atoms with van der Waals surface area (Å²) < 4.78 is 0. The maximum Gasteiger partial charge on any atom is 0.327 e. The summed E-state index contributed by atoms with van der Waals surface area (Å²) in [4.78, 5) is 46.2. The number of aryl methyl sites for hydroxylation is 4. The zero-order valence-electron chi connectivity index (χ0n) is 32.1. The number of carbonyl (C=O) groups excluding carboxylic acids is 1. The van der Waals surface area contributed by atoms with Crippen LogP contribution in [0.5, 0.6) is 0 Å². The molecule has 0 aromatic carbocycles. The molecule has 284 valence electrons. The van der Waals surface area contributed by atoms with Crippen molar-refractivity contribution < 1.29 is 4.79 Å². The van der Waals surface area contributed by atoms with E-state index in [1.165, 1.54) is 17.7 Å². The fraction of sp³-hybridized carbons (Fsp3) is 0.279. The number of nitrogens with two attached hydrogens (primary N) is 1. The van der Waals surface area contributed by atoms with E-state index in [1.807, 2.05) is 55.4 Å². The molecule has 6 aromatic heterocycles. The predicted octanol–water partition coefficient (Wildman–Crippen LogP) is 7.21. The molecule has 0 aliphatic carbocycles. The Labute approximate surface area is 327 Å². The molecule has 2 amide bonds. The van der Waals surface area contributed by atoms with Gasteiger partial charge in [0.25, 0.3) is 0 Å². The lowest BCUT2D eigenvalue weighted by Crippen LogP contribution is -2.48. The number of pyridine rings is 6. The number of nitrogens with one attached hydrogen (secondary N) is 2. The maximum absolute atomic E-state index is 13.2. The van der Waals surface area contributed by atoms with E-state index in [2.05, 4.69) is 72.4 Å². The minimum Gasteiger partial charge on any atom is -0.397 e. The number of aromatic nitrogens is 6. The van der Waals surface area contributed by atoms with Gasteiger partial charge in [0.2, 0.25) is 0 Å². The van der Waals surface area contributed by atoms with Crippen LogP contribution in [0.3, 0.4) is 0 Å². The fourth-order valence-electron chi connectivity index (χ4n) is 7.64. The number of rotatable bonds is 3. The summed E-state index contributed by atoms with van der Waals surface area (Å²) in [6.07, 6.45) is 12.5. The summed E-state index contributed by atoms with van der Waals surface area (Å²) in [7, 11) is 0. The lowest BCUT2D eigenvalue weighted by molar-refractivity contribution is 0.255. The normalized spacial score (nSPS) is 17.0. The van der Waals surface area contributed by atoms with Crippen molar-refractivity contribution in [2.75, 3.05) is 57.2 Å². The van der Waals surface area contributed by atoms with Gasteiger partial charge < -0.3 is 26.2 Å². The SMILES string of the molecule is Cc1ccc(-c2nc3c(cc2C)N2CC[C@@H](C2)N3)cn1.Cc1ccc(-c2nc3c(cc2C)N2CC[C@@H](C2)N3C(=O)Nc2cccnc2)cn1.Nc1cccnc1. The monoisotopic (exact) mass is 746 g/mol. The van der Waals surface area contributed by atoms with Crippen LogP contribution >= 0.6 is 0 Å². The predicted molar refractivity (Wildman–Crippen MR) is 223 cm³/mol. The number of hydrogen-bond acceptors (Lipinski definition) is 11. The Bertz CT molecular complexity index is 2320. The Morgan fingerprint density at radius 1 is 0.750 bits per heavy atom. The molecule has 6 aromatic rings. The molecule has 2 saturated heterocycles. The van der Waals surface area contributed by atoms with Gasteiger partial charge >= 0.3 is 6.03 Å². The summed E-state index contributed by atoms with van der Waals surface area (Å²) in [5.41, 5.74) is 17.2. The van der Waals surface area contributed by atoms with E-state index < -0.39 is 0 Å². The van der Waals surface area contributed by atoms with Crippen LogP contribution in [0.2, 0.25) is 0 Å². The van der Waals surface area contributed by atoms with Crippen LogP contribution < -0.4 is 31.1 Å². The first-order valence-corrected chi connectivity index (χ1v) is 19.0. The first-order chi connectivity index (χ1) is 27.2. The lowest BCUT2D eigenvalue weighted by Gasteiger charge is -2.36. The Balaban J connectivity index is 0.000000140. The lowest BCUT2D eigenvalue weighted by atomic mass is 10.1. The maximum atomic E-state index is 13.2. The number of carbonyl (C=O) groups is 1. The van der Waals surface area contributed by atoms with Crippen LogP contribution in [-0.4, -0.2) is 74.2 Å². The van der Waals surface area contributed by atoms with E-state index >= 15 is 0 Å². The third-order valence-electron chi connectivity index (χ3n) is 10.5. The van der Waals surface area contributed by atoms with Crippen LogP contribution in [-0.2, 0) is 0 Å². The summed E-state index contributed by atoms with van der Waals surface area (Å²) >= 11 is 0. The van der Waals surface area contributed by atoms with Crippen molar-refractivity contribution in [2.45, 2.75) is 52.6 Å². The van der Waals surface area contributed by atoms with Crippen LogP contribution in [0, 0.1) is 27.7 Å². The number of nitrogens with zero attached hydrogens (tertiary/aromatic N) is 9. The molecule has 13 heteroatoms. The van der Waals surface area contributed by atoms with Gasteiger partial charge in [0.05, 0.1) is 46.4 Å². The van der Waals surface area contributed by atoms with E-state index in [1.54, 1.807) is 43.0 Å². The van der Waals surface area contributed by atoms with Crippen molar-refractivity contribution in [1.29, 1.82) is 0 Å². The number of fused-ring (bicyclic) bond motifs is 8. The van der Waals surface area contributed by atoms with E-state index in [-0.39, 0.29) is 12.1 Å². The molecule has 0 unspecified atom stereocenters. The number of hydrogen-bond donors (Lipinski definition) is 3. The zero-order valence-corrected chi connectivity index (χ0v) is 32.1. The first kappa shape index (κ1) is 36.4. The second-order valence-electron chi connectivity index (χ2n) is 14.7. The Morgan fingerprint density at radius 3 is 2.00 bits per heavy atom. The summed E-state index contributed by atoms with van der Waals surface area (Å²) in [6.45, 7) is 12.2. The largest absolute Gasteiger partial charge is 0.397 e. The third kappa shape index (κ3) is 7.65. The molecule has 2 atom stereocenters. The molecule has 10 heterocycles. The molecule has 4 aliphatic rings. The van der Waals surface area contributed by atoms with Gasteiger partial charge in [0.15, 0.2) is 11.6 Å². The zero-order chi connectivity index (χ0) is 38.8. The molecular formula is C43H46N12O. The van der Waals surface area contributed by atoms with Crippen LogP contribution in [0.4, 0.5) is 39.2 Å². The second kappa shape index (κ2) is 15.6. The minimum atomic E-state index is -0.171. The van der Waals surface area contributed by atoms with Gasteiger partial charge in [-0.2, -0.15) is 0 Å². The van der Waals surface area contributed by atoms with Crippen molar-refractivity contribution in [3.05, 3.63) is 120 Å². The fourth-order valence-corrected chi connectivity index (χ4v) is 7.64. The molecule has 56 heavy (non-hydrogen) atoms. The molecule has 4 aliphatic heterocycles. The highest BCUT2D eigenvalue weighted by molar-refractivity contribution is 6.04. The minimum absolute atomic E-state index is 0.110. The average Bonchev–Trinajstić information content (AvgIpc) is 3.82. The van der Waals surface area contributed by atoms with Gasteiger partial charge in [-0.05, 0) is 112 Å². The molecular weight excluding hydrogens is 701 g/mol. The number of anilines is 6. The standard InChI is InChI=1S/C22H22N6O.C16H18N4.C5H6N2/c1-14-10-19-21(26-20(14)16-6-5-15(2)24-11-16)28(18-7-9-27(19)13-18)22(29)25-17-4-3-8-23-12-17;1-10-7-14-16(18-13-5-6-20(14)9-13)19-15(10)12-4-3-11(2)17-8-12;6-5-2-1-3-7-4-5/h3-6,8,10-12,18H,7,9,13H2,1-2H3,(H,25,29);3-4,7-8,13H,5-6,9H2,1-2H3,(H,18,19);1-4H,6H2/t18-;13-;/m00./s1. The Hall–Kier alpha value is -6.63. The van der Waals surface area contributed by atoms with Gasteiger partial charge in [0, 0.05) is 85.7 Å². The van der Waals surface area contributed by atoms with E-state index in [0.29, 0.717) is 23.2 Å². The highest BCUT2D eigenvalue weighted by atomic mass is 16.2. The Morgan fingerprint density at radius 2 is 1.39 bits per heavy atom.